The lowest BCUT2D eigenvalue weighted by atomic mass is 10.2. The highest BCUT2D eigenvalue weighted by molar-refractivity contribution is 5.90. The van der Waals surface area contributed by atoms with Crippen molar-refractivity contribution in [1.29, 1.82) is 5.26 Å². The fourth-order valence-corrected chi connectivity index (χ4v) is 1.93. The summed E-state index contributed by atoms with van der Waals surface area (Å²) >= 11 is 0. The molecule has 2 amide bonds. The van der Waals surface area contributed by atoms with Crippen LogP contribution in [0.5, 0.6) is 0 Å². The molecule has 1 fully saturated rings. The minimum Gasteiger partial charge on any atom is -0.481 e. The molecule has 110 valence electrons. The van der Waals surface area contributed by atoms with Crippen LogP contribution in [0.15, 0.2) is 18.2 Å². The number of nitrogens with one attached hydrogen (secondary N) is 1. The predicted molar refractivity (Wildman–Crippen MR) is 72.1 cm³/mol. The highest BCUT2D eigenvalue weighted by Gasteiger charge is 2.33. The van der Waals surface area contributed by atoms with Gasteiger partial charge in [0.05, 0.1) is 23.7 Å². The first-order valence-electron chi connectivity index (χ1n) is 6.50. The maximum absolute atomic E-state index is 13.7. The Balaban J connectivity index is 2.04. The van der Waals surface area contributed by atoms with Crippen molar-refractivity contribution in [2.45, 2.75) is 25.3 Å². The van der Waals surface area contributed by atoms with Gasteiger partial charge in [0, 0.05) is 12.6 Å². The minimum absolute atomic E-state index is 0.0193. The number of carboxylic acid groups (broad SMARTS) is 1. The number of aliphatic carboxylic acids is 1. The zero-order chi connectivity index (χ0) is 15.4. The number of carbonyl (C=O) groups is 2. The zero-order valence-electron chi connectivity index (χ0n) is 11.2. The van der Waals surface area contributed by atoms with E-state index in [1.165, 1.54) is 17.0 Å². The second-order valence-electron chi connectivity index (χ2n) is 4.80. The van der Waals surface area contributed by atoms with Gasteiger partial charge in [-0.25, -0.2) is 9.18 Å². The number of benzene rings is 1. The highest BCUT2D eigenvalue weighted by atomic mass is 19.1. The number of hydrogen-bond acceptors (Lipinski definition) is 3. The topological polar surface area (TPSA) is 93.4 Å². The lowest BCUT2D eigenvalue weighted by Crippen LogP contribution is -2.38. The van der Waals surface area contributed by atoms with Crippen LogP contribution in [0.3, 0.4) is 0 Å². The molecule has 1 saturated carbocycles. The fraction of sp³-hybridized carbons (Fsp3) is 0.357. The second-order valence-corrected chi connectivity index (χ2v) is 4.80. The van der Waals surface area contributed by atoms with Crippen LogP contribution in [0, 0.1) is 17.1 Å². The van der Waals surface area contributed by atoms with Gasteiger partial charge in [-0.05, 0) is 31.0 Å². The minimum atomic E-state index is -0.988. The molecule has 0 atom stereocenters. The quantitative estimate of drug-likeness (QED) is 0.869. The molecule has 0 aliphatic heterocycles. The summed E-state index contributed by atoms with van der Waals surface area (Å²) in [6.45, 7) is 0.0870. The zero-order valence-corrected chi connectivity index (χ0v) is 11.2. The molecule has 0 saturated heterocycles. The number of amides is 2. The number of halogens is 1. The van der Waals surface area contributed by atoms with E-state index in [1.807, 2.05) is 0 Å². The Morgan fingerprint density at radius 2 is 2.19 bits per heavy atom. The van der Waals surface area contributed by atoms with E-state index in [2.05, 4.69) is 5.32 Å². The van der Waals surface area contributed by atoms with E-state index in [0.29, 0.717) is 0 Å². The van der Waals surface area contributed by atoms with E-state index >= 15 is 0 Å². The van der Waals surface area contributed by atoms with Crippen LogP contribution >= 0.6 is 0 Å². The molecular formula is C14H14FN3O3. The Hall–Kier alpha value is -2.62. The summed E-state index contributed by atoms with van der Waals surface area (Å²) in [5.74, 6) is -1.69. The number of rotatable bonds is 5. The lowest BCUT2D eigenvalue weighted by molar-refractivity contribution is -0.137. The van der Waals surface area contributed by atoms with Crippen LogP contribution in [0.2, 0.25) is 0 Å². The van der Waals surface area contributed by atoms with Crippen molar-refractivity contribution in [3.8, 4) is 6.07 Å². The van der Waals surface area contributed by atoms with Crippen molar-refractivity contribution in [2.75, 3.05) is 11.9 Å². The molecule has 1 aromatic rings. The summed E-state index contributed by atoms with van der Waals surface area (Å²) in [5.41, 5.74) is 0.135. The van der Waals surface area contributed by atoms with Gasteiger partial charge in [-0.3, -0.25) is 4.79 Å². The van der Waals surface area contributed by atoms with Gasteiger partial charge in [0.15, 0.2) is 0 Å². The third-order valence-electron chi connectivity index (χ3n) is 3.15. The third-order valence-corrected chi connectivity index (χ3v) is 3.15. The van der Waals surface area contributed by atoms with Gasteiger partial charge in [-0.1, -0.05) is 0 Å². The fourth-order valence-electron chi connectivity index (χ4n) is 1.93. The van der Waals surface area contributed by atoms with Crippen LogP contribution in [0.1, 0.15) is 24.8 Å². The summed E-state index contributed by atoms with van der Waals surface area (Å²) in [7, 11) is 0. The molecule has 0 spiro atoms. The Bertz CT molecular complexity index is 608. The van der Waals surface area contributed by atoms with Gasteiger partial charge >= 0.3 is 12.0 Å². The number of carbonyl (C=O) groups excluding carboxylic acids is 1. The molecule has 0 bridgehead atoms. The van der Waals surface area contributed by atoms with Gasteiger partial charge in [0.25, 0.3) is 0 Å². The van der Waals surface area contributed by atoms with E-state index in [1.54, 1.807) is 6.07 Å². The number of hydrogen-bond donors (Lipinski definition) is 2. The number of anilines is 1. The average Bonchev–Trinajstić information content (AvgIpc) is 3.25. The van der Waals surface area contributed by atoms with Crippen molar-refractivity contribution in [1.82, 2.24) is 4.90 Å². The van der Waals surface area contributed by atoms with E-state index in [0.717, 1.165) is 18.9 Å². The molecular weight excluding hydrogens is 277 g/mol. The largest absolute Gasteiger partial charge is 0.481 e. The van der Waals surface area contributed by atoms with Crippen LogP contribution < -0.4 is 5.32 Å². The first-order chi connectivity index (χ1) is 10.0. The number of nitriles is 1. The molecule has 2 N–H and O–H groups in total. The van der Waals surface area contributed by atoms with Crippen molar-refractivity contribution in [3.05, 3.63) is 29.6 Å². The van der Waals surface area contributed by atoms with Crippen LogP contribution in [-0.2, 0) is 4.79 Å². The first kappa shape index (κ1) is 14.8. The van der Waals surface area contributed by atoms with Gasteiger partial charge in [-0.2, -0.15) is 5.26 Å². The van der Waals surface area contributed by atoms with Gasteiger partial charge in [0.1, 0.15) is 5.82 Å². The molecule has 21 heavy (non-hydrogen) atoms. The molecule has 1 aliphatic carbocycles. The maximum Gasteiger partial charge on any atom is 0.322 e. The van der Waals surface area contributed by atoms with E-state index in [9.17, 15) is 14.0 Å². The summed E-state index contributed by atoms with van der Waals surface area (Å²) < 4.78 is 13.7. The SMILES string of the molecule is N#Cc1ccc(NC(=O)N(CCC(=O)O)C2CC2)c(F)c1. The molecule has 0 radical (unpaired) electrons. The molecule has 1 aromatic carbocycles. The molecule has 1 aliphatic rings. The number of urea groups is 1. The Kier molecular flexibility index (Phi) is 4.38. The summed E-state index contributed by atoms with van der Waals surface area (Å²) in [4.78, 5) is 24.1. The van der Waals surface area contributed by atoms with Gasteiger partial charge in [-0.15, -0.1) is 0 Å². The molecule has 2 rings (SSSR count). The van der Waals surface area contributed by atoms with E-state index in [-0.39, 0.29) is 30.3 Å². The smallest absolute Gasteiger partial charge is 0.322 e. The van der Waals surface area contributed by atoms with Crippen molar-refractivity contribution in [3.63, 3.8) is 0 Å². The normalized spacial score (nSPS) is 13.3. The molecule has 6 nitrogen and oxygen atoms in total. The third kappa shape index (κ3) is 3.92. The van der Waals surface area contributed by atoms with Gasteiger partial charge in [0.2, 0.25) is 0 Å². The summed E-state index contributed by atoms with van der Waals surface area (Å²) in [5, 5.41) is 19.8. The molecule has 0 unspecified atom stereocenters. The second kappa shape index (κ2) is 6.22. The standard InChI is InChI=1S/C14H14FN3O3/c15-11-7-9(8-16)1-4-12(11)17-14(21)18(10-2-3-10)6-5-13(19)20/h1,4,7,10H,2-3,5-6H2,(H,17,21)(H,19,20). The Labute approximate surface area is 120 Å². The number of nitrogens with zero attached hydrogens (tertiary/aromatic N) is 2. The Morgan fingerprint density at radius 3 is 2.71 bits per heavy atom. The van der Waals surface area contributed by atoms with E-state index < -0.39 is 17.8 Å². The van der Waals surface area contributed by atoms with Crippen molar-refractivity contribution in [2.24, 2.45) is 0 Å². The van der Waals surface area contributed by atoms with Crippen LogP contribution in [-0.4, -0.2) is 34.6 Å². The molecule has 0 aromatic heterocycles. The predicted octanol–water partition coefficient (Wildman–Crippen LogP) is 2.17. The lowest BCUT2D eigenvalue weighted by Gasteiger charge is -2.22. The number of carboxylic acids is 1. The summed E-state index contributed by atoms with van der Waals surface area (Å²) in [6.07, 6.45) is 1.49. The van der Waals surface area contributed by atoms with E-state index in [4.69, 9.17) is 10.4 Å². The van der Waals surface area contributed by atoms with Crippen LogP contribution in [0.25, 0.3) is 0 Å². The highest BCUT2D eigenvalue weighted by Crippen LogP contribution is 2.28. The van der Waals surface area contributed by atoms with Crippen molar-refractivity contribution >= 4 is 17.7 Å². The Morgan fingerprint density at radius 1 is 1.48 bits per heavy atom. The van der Waals surface area contributed by atoms with Crippen molar-refractivity contribution < 1.29 is 19.1 Å². The molecule has 7 heteroatoms. The molecule has 0 heterocycles. The van der Waals surface area contributed by atoms with Gasteiger partial charge < -0.3 is 15.3 Å². The maximum atomic E-state index is 13.7. The summed E-state index contributed by atoms with van der Waals surface area (Å²) in [6, 6.07) is 5.05. The van der Waals surface area contributed by atoms with Crippen LogP contribution in [0.4, 0.5) is 14.9 Å². The first-order valence-corrected chi connectivity index (χ1v) is 6.50. The monoisotopic (exact) mass is 291 g/mol. The average molecular weight is 291 g/mol.